The van der Waals surface area contributed by atoms with Crippen molar-refractivity contribution in [3.8, 4) is 5.75 Å². The molecule has 1 N–H and O–H groups in total. The van der Waals surface area contributed by atoms with Crippen molar-refractivity contribution in [2.75, 3.05) is 19.0 Å². The van der Waals surface area contributed by atoms with Crippen LogP contribution in [0, 0.1) is 5.82 Å². The third-order valence-corrected chi connectivity index (χ3v) is 3.28. The quantitative estimate of drug-likeness (QED) is 0.618. The molecule has 0 aromatic heterocycles. The highest BCUT2D eigenvalue weighted by atomic mass is 19.4. The number of methoxy groups -OCH3 is 1. The highest BCUT2D eigenvalue weighted by molar-refractivity contribution is 5.98. The molecule has 0 amide bonds. The fourth-order valence-electron chi connectivity index (χ4n) is 2.23. The number of carbonyl (C=O) groups is 1. The van der Waals surface area contributed by atoms with Gasteiger partial charge in [0.15, 0.2) is 0 Å². The van der Waals surface area contributed by atoms with Gasteiger partial charge in [-0.15, -0.1) is 0 Å². The SMILES string of the molecule is CCOC(=O)c1c(Nc2ccc(F)cc2OC)cccc1C(F)(F)F. The van der Waals surface area contributed by atoms with E-state index in [9.17, 15) is 22.4 Å². The summed E-state index contributed by atoms with van der Waals surface area (Å²) in [4.78, 5) is 12.1. The molecule has 4 nitrogen and oxygen atoms in total. The zero-order chi connectivity index (χ0) is 18.6. The summed E-state index contributed by atoms with van der Waals surface area (Å²) in [7, 11) is 1.29. The molecule has 2 aromatic carbocycles. The lowest BCUT2D eigenvalue weighted by molar-refractivity contribution is -0.138. The van der Waals surface area contributed by atoms with Gasteiger partial charge >= 0.3 is 12.1 Å². The van der Waals surface area contributed by atoms with E-state index >= 15 is 0 Å². The average molecular weight is 357 g/mol. The predicted octanol–water partition coefficient (Wildman–Crippen LogP) is 4.77. The maximum absolute atomic E-state index is 13.3. The molecule has 0 heterocycles. The van der Waals surface area contributed by atoms with Crippen molar-refractivity contribution in [2.24, 2.45) is 0 Å². The van der Waals surface area contributed by atoms with Gasteiger partial charge in [-0.1, -0.05) is 6.07 Å². The number of nitrogens with one attached hydrogen (secondary N) is 1. The Labute approximate surface area is 141 Å². The maximum atomic E-state index is 13.3. The van der Waals surface area contributed by atoms with E-state index in [2.05, 4.69) is 5.32 Å². The van der Waals surface area contributed by atoms with Gasteiger partial charge in [-0.25, -0.2) is 9.18 Å². The van der Waals surface area contributed by atoms with Crippen LogP contribution in [0.5, 0.6) is 5.75 Å². The highest BCUT2D eigenvalue weighted by Gasteiger charge is 2.37. The summed E-state index contributed by atoms with van der Waals surface area (Å²) in [6.07, 6.45) is -4.74. The van der Waals surface area contributed by atoms with Crippen molar-refractivity contribution in [3.63, 3.8) is 0 Å². The van der Waals surface area contributed by atoms with Crippen LogP contribution in [0.25, 0.3) is 0 Å². The summed E-state index contributed by atoms with van der Waals surface area (Å²) in [6.45, 7) is 1.41. The van der Waals surface area contributed by atoms with Gasteiger partial charge in [0, 0.05) is 6.07 Å². The number of hydrogen-bond donors (Lipinski definition) is 1. The number of carbonyl (C=O) groups excluding carboxylic acids is 1. The molecule has 134 valence electrons. The van der Waals surface area contributed by atoms with Crippen LogP contribution in [-0.2, 0) is 10.9 Å². The minimum atomic E-state index is -4.74. The second-order valence-corrected chi connectivity index (χ2v) is 4.92. The molecular formula is C17H15F4NO3. The average Bonchev–Trinajstić information content (AvgIpc) is 2.55. The number of benzene rings is 2. The zero-order valence-corrected chi connectivity index (χ0v) is 13.4. The van der Waals surface area contributed by atoms with Crippen LogP contribution >= 0.6 is 0 Å². The van der Waals surface area contributed by atoms with Crippen LogP contribution in [0.3, 0.4) is 0 Å². The lowest BCUT2D eigenvalue weighted by atomic mass is 10.0. The molecule has 0 aliphatic rings. The van der Waals surface area contributed by atoms with Gasteiger partial charge in [0.05, 0.1) is 36.2 Å². The molecule has 0 saturated heterocycles. The summed E-state index contributed by atoms with van der Waals surface area (Å²) < 4.78 is 62.8. The van der Waals surface area contributed by atoms with Crippen molar-refractivity contribution in [2.45, 2.75) is 13.1 Å². The molecule has 0 spiro atoms. The minimum absolute atomic E-state index is 0.0761. The molecule has 0 fully saturated rings. The lowest BCUT2D eigenvalue weighted by Gasteiger charge is -2.18. The third-order valence-electron chi connectivity index (χ3n) is 3.28. The van der Waals surface area contributed by atoms with E-state index in [1.807, 2.05) is 0 Å². The van der Waals surface area contributed by atoms with Crippen molar-refractivity contribution in [1.29, 1.82) is 0 Å². The van der Waals surface area contributed by atoms with Crippen LogP contribution in [0.15, 0.2) is 36.4 Å². The summed E-state index contributed by atoms with van der Waals surface area (Å²) in [5.41, 5.74) is -1.70. The van der Waals surface area contributed by atoms with E-state index in [0.717, 1.165) is 24.3 Å². The van der Waals surface area contributed by atoms with E-state index in [1.54, 1.807) is 0 Å². The topological polar surface area (TPSA) is 47.6 Å². The number of ether oxygens (including phenoxy) is 2. The molecule has 0 unspecified atom stereocenters. The van der Waals surface area contributed by atoms with Gasteiger partial charge in [-0.05, 0) is 31.2 Å². The van der Waals surface area contributed by atoms with Crippen LogP contribution in [0.1, 0.15) is 22.8 Å². The molecule has 0 atom stereocenters. The Hall–Kier alpha value is -2.77. The predicted molar refractivity (Wildman–Crippen MR) is 83.6 cm³/mol. The van der Waals surface area contributed by atoms with Gasteiger partial charge in [0.2, 0.25) is 0 Å². The van der Waals surface area contributed by atoms with Crippen LogP contribution in [0.4, 0.5) is 28.9 Å². The van der Waals surface area contributed by atoms with E-state index in [4.69, 9.17) is 9.47 Å². The van der Waals surface area contributed by atoms with Crippen molar-refractivity contribution in [1.82, 2.24) is 0 Å². The van der Waals surface area contributed by atoms with Gasteiger partial charge in [-0.3, -0.25) is 0 Å². The minimum Gasteiger partial charge on any atom is -0.494 e. The normalized spacial score (nSPS) is 11.1. The Balaban J connectivity index is 2.56. The fourth-order valence-corrected chi connectivity index (χ4v) is 2.23. The van der Waals surface area contributed by atoms with E-state index in [-0.39, 0.29) is 23.7 Å². The summed E-state index contributed by atoms with van der Waals surface area (Å²) in [6, 6.07) is 6.72. The van der Waals surface area contributed by atoms with Crippen LogP contribution in [0.2, 0.25) is 0 Å². The molecule has 0 bridgehead atoms. The fraction of sp³-hybridized carbons (Fsp3) is 0.235. The number of esters is 1. The lowest BCUT2D eigenvalue weighted by Crippen LogP contribution is -2.17. The molecule has 8 heteroatoms. The van der Waals surface area contributed by atoms with E-state index in [0.29, 0.717) is 0 Å². The first-order chi connectivity index (χ1) is 11.8. The Morgan fingerprint density at radius 2 is 1.88 bits per heavy atom. The molecule has 25 heavy (non-hydrogen) atoms. The maximum Gasteiger partial charge on any atom is 0.417 e. The Morgan fingerprint density at radius 1 is 1.16 bits per heavy atom. The van der Waals surface area contributed by atoms with E-state index in [1.165, 1.54) is 26.2 Å². The van der Waals surface area contributed by atoms with E-state index < -0.39 is 29.1 Å². The molecule has 0 radical (unpaired) electrons. The molecule has 2 rings (SSSR count). The Kier molecular flexibility index (Phi) is 5.51. The van der Waals surface area contributed by atoms with Crippen molar-refractivity contribution < 1.29 is 31.8 Å². The second kappa shape index (κ2) is 7.42. The Bertz CT molecular complexity index is 775. The largest absolute Gasteiger partial charge is 0.494 e. The van der Waals surface area contributed by atoms with Crippen LogP contribution < -0.4 is 10.1 Å². The Morgan fingerprint density at radius 3 is 2.48 bits per heavy atom. The number of halogens is 4. The molecule has 0 aliphatic heterocycles. The van der Waals surface area contributed by atoms with Gasteiger partial charge in [-0.2, -0.15) is 13.2 Å². The summed E-state index contributed by atoms with van der Waals surface area (Å²) in [5.74, 6) is -1.61. The highest BCUT2D eigenvalue weighted by Crippen LogP contribution is 2.37. The third kappa shape index (κ3) is 4.20. The number of anilines is 2. The number of hydrogen-bond acceptors (Lipinski definition) is 4. The summed E-state index contributed by atoms with van der Waals surface area (Å²) in [5, 5.41) is 2.68. The van der Waals surface area contributed by atoms with Gasteiger partial charge in [0.25, 0.3) is 0 Å². The number of rotatable bonds is 5. The second-order valence-electron chi connectivity index (χ2n) is 4.92. The first-order valence-electron chi connectivity index (χ1n) is 7.25. The first-order valence-corrected chi connectivity index (χ1v) is 7.25. The molecule has 2 aromatic rings. The van der Waals surface area contributed by atoms with Gasteiger partial charge < -0.3 is 14.8 Å². The summed E-state index contributed by atoms with van der Waals surface area (Å²) >= 11 is 0. The monoisotopic (exact) mass is 357 g/mol. The van der Waals surface area contributed by atoms with Crippen molar-refractivity contribution in [3.05, 3.63) is 53.3 Å². The molecular weight excluding hydrogens is 342 g/mol. The number of alkyl halides is 3. The standard InChI is InChI=1S/C17H15F4NO3/c1-3-25-16(23)15-11(17(19,20)21)5-4-6-13(15)22-12-8-7-10(18)9-14(12)24-2/h4-9,22H,3H2,1-2H3. The molecule has 0 saturated carbocycles. The first kappa shape index (κ1) is 18.6. The zero-order valence-electron chi connectivity index (χ0n) is 13.4. The van der Waals surface area contributed by atoms with Gasteiger partial charge in [0.1, 0.15) is 11.6 Å². The smallest absolute Gasteiger partial charge is 0.417 e. The van der Waals surface area contributed by atoms with Crippen LogP contribution in [-0.4, -0.2) is 19.7 Å². The van der Waals surface area contributed by atoms with Crippen molar-refractivity contribution >= 4 is 17.3 Å². The molecule has 0 aliphatic carbocycles.